The molecule has 0 aliphatic carbocycles. The fraction of sp³-hybridized carbons (Fsp3) is 0.0833. The maximum Gasteiger partial charge on any atom is 0.212 e. The van der Waals surface area contributed by atoms with Crippen LogP contribution in [-0.4, -0.2) is 6.41 Å². The topological polar surface area (TPSA) is 29.1 Å². The van der Waals surface area contributed by atoms with Crippen LogP contribution in [0.4, 0.5) is 5.00 Å². The van der Waals surface area contributed by atoms with Crippen molar-refractivity contribution in [2.24, 2.45) is 0 Å². The summed E-state index contributed by atoms with van der Waals surface area (Å²) in [6, 6.07) is 10.2. The molecule has 0 fully saturated rings. The van der Waals surface area contributed by atoms with Crippen molar-refractivity contribution in [1.82, 2.24) is 0 Å². The molecule has 1 aromatic carbocycles. The predicted octanol–water partition coefficient (Wildman–Crippen LogP) is 3.29. The first-order valence-corrected chi connectivity index (χ1v) is 5.54. The molecule has 0 radical (unpaired) electrons. The highest BCUT2D eigenvalue weighted by molar-refractivity contribution is 7.15. The second-order valence-corrected chi connectivity index (χ2v) is 4.11. The number of thiophene rings is 1. The monoisotopic (exact) mass is 217 g/mol. The van der Waals surface area contributed by atoms with E-state index < -0.39 is 0 Å². The molecule has 0 saturated heterocycles. The summed E-state index contributed by atoms with van der Waals surface area (Å²) in [7, 11) is 0. The van der Waals surface area contributed by atoms with Gasteiger partial charge in [0.2, 0.25) is 6.41 Å². The number of hydrogen-bond acceptors (Lipinski definition) is 2. The van der Waals surface area contributed by atoms with Crippen LogP contribution in [0.1, 0.15) is 5.56 Å². The third-order valence-electron chi connectivity index (χ3n) is 2.31. The van der Waals surface area contributed by atoms with Crippen LogP contribution in [0.5, 0.6) is 0 Å². The molecule has 1 amide bonds. The van der Waals surface area contributed by atoms with E-state index in [-0.39, 0.29) is 0 Å². The Morgan fingerprint density at radius 1 is 1.27 bits per heavy atom. The Bertz CT molecular complexity index is 462. The highest BCUT2D eigenvalue weighted by Crippen LogP contribution is 2.34. The molecular weight excluding hydrogens is 206 g/mol. The Balaban J connectivity index is 2.42. The summed E-state index contributed by atoms with van der Waals surface area (Å²) in [6.45, 7) is 2.02. The molecule has 0 atom stereocenters. The maximum absolute atomic E-state index is 10.4. The van der Waals surface area contributed by atoms with Gasteiger partial charge in [0.1, 0.15) is 0 Å². The number of hydrogen-bond donors (Lipinski definition) is 1. The summed E-state index contributed by atoms with van der Waals surface area (Å²) in [4.78, 5) is 10.4. The smallest absolute Gasteiger partial charge is 0.212 e. The van der Waals surface area contributed by atoms with Crippen molar-refractivity contribution in [2.75, 3.05) is 5.32 Å². The Kier molecular flexibility index (Phi) is 2.83. The lowest BCUT2D eigenvalue weighted by Crippen LogP contribution is -1.92. The SMILES string of the molecule is Cc1c(-c2ccccc2)csc1NC=O. The van der Waals surface area contributed by atoms with E-state index in [0.717, 1.165) is 10.6 Å². The quantitative estimate of drug-likeness (QED) is 0.785. The van der Waals surface area contributed by atoms with E-state index in [4.69, 9.17) is 0 Å². The van der Waals surface area contributed by atoms with Crippen molar-refractivity contribution in [3.8, 4) is 11.1 Å². The minimum Gasteiger partial charge on any atom is -0.320 e. The van der Waals surface area contributed by atoms with E-state index in [9.17, 15) is 4.79 Å². The second kappa shape index (κ2) is 4.28. The van der Waals surface area contributed by atoms with Gasteiger partial charge in [-0.05, 0) is 23.6 Å². The zero-order valence-corrected chi connectivity index (χ0v) is 9.17. The molecule has 3 heteroatoms. The van der Waals surface area contributed by atoms with Crippen LogP contribution in [0.25, 0.3) is 11.1 Å². The molecule has 1 heterocycles. The van der Waals surface area contributed by atoms with Gasteiger partial charge in [0.15, 0.2) is 0 Å². The van der Waals surface area contributed by atoms with Crippen molar-refractivity contribution >= 4 is 22.7 Å². The van der Waals surface area contributed by atoms with E-state index >= 15 is 0 Å². The minimum absolute atomic E-state index is 0.716. The molecule has 1 N–H and O–H groups in total. The molecule has 15 heavy (non-hydrogen) atoms. The Labute approximate surface area is 92.6 Å². The number of nitrogens with one attached hydrogen (secondary N) is 1. The van der Waals surface area contributed by atoms with E-state index in [0.29, 0.717) is 6.41 Å². The molecule has 1 aromatic heterocycles. The van der Waals surface area contributed by atoms with Gasteiger partial charge in [0, 0.05) is 5.38 Å². The van der Waals surface area contributed by atoms with Gasteiger partial charge in [-0.25, -0.2) is 0 Å². The Hall–Kier alpha value is -1.61. The largest absolute Gasteiger partial charge is 0.320 e. The van der Waals surface area contributed by atoms with Gasteiger partial charge in [-0.15, -0.1) is 11.3 Å². The Morgan fingerprint density at radius 2 is 2.00 bits per heavy atom. The van der Waals surface area contributed by atoms with E-state index in [1.165, 1.54) is 11.1 Å². The molecule has 0 unspecified atom stereocenters. The summed E-state index contributed by atoms with van der Waals surface area (Å²) in [5, 5.41) is 5.69. The lowest BCUT2D eigenvalue weighted by molar-refractivity contribution is -0.105. The second-order valence-electron chi connectivity index (χ2n) is 3.23. The molecule has 0 aliphatic rings. The van der Waals surface area contributed by atoms with Gasteiger partial charge >= 0.3 is 0 Å². The first-order chi connectivity index (χ1) is 7.33. The summed E-state index contributed by atoms with van der Waals surface area (Å²) >= 11 is 1.55. The third-order valence-corrected chi connectivity index (χ3v) is 3.33. The van der Waals surface area contributed by atoms with Crippen molar-refractivity contribution in [3.63, 3.8) is 0 Å². The Morgan fingerprint density at radius 3 is 2.67 bits per heavy atom. The molecule has 2 aromatic rings. The van der Waals surface area contributed by atoms with Crippen molar-refractivity contribution in [1.29, 1.82) is 0 Å². The van der Waals surface area contributed by atoms with Crippen LogP contribution < -0.4 is 5.32 Å². The molecule has 0 bridgehead atoms. The average molecular weight is 217 g/mol. The van der Waals surface area contributed by atoms with Gasteiger partial charge in [0.05, 0.1) is 5.00 Å². The van der Waals surface area contributed by atoms with Crippen LogP contribution in [0.2, 0.25) is 0 Å². The third kappa shape index (κ3) is 1.92. The number of carbonyl (C=O) groups excluding carboxylic acids is 1. The molecular formula is C12H11NOS. The fourth-order valence-electron chi connectivity index (χ4n) is 1.51. The van der Waals surface area contributed by atoms with E-state index in [1.54, 1.807) is 11.3 Å². The summed E-state index contributed by atoms with van der Waals surface area (Å²) in [6.07, 6.45) is 0.716. The fourth-order valence-corrected chi connectivity index (χ4v) is 2.47. The van der Waals surface area contributed by atoms with Crippen LogP contribution >= 0.6 is 11.3 Å². The van der Waals surface area contributed by atoms with Crippen molar-refractivity contribution in [2.45, 2.75) is 6.92 Å². The molecule has 76 valence electrons. The van der Waals surface area contributed by atoms with Crippen LogP contribution in [0.15, 0.2) is 35.7 Å². The number of anilines is 1. The van der Waals surface area contributed by atoms with Crippen molar-refractivity contribution in [3.05, 3.63) is 41.3 Å². The first kappa shape index (κ1) is 9.93. The van der Waals surface area contributed by atoms with Crippen molar-refractivity contribution < 1.29 is 4.79 Å². The van der Waals surface area contributed by atoms with Crippen LogP contribution in [-0.2, 0) is 4.79 Å². The molecule has 2 rings (SSSR count). The summed E-state index contributed by atoms with van der Waals surface area (Å²) < 4.78 is 0. The molecule has 0 spiro atoms. The lowest BCUT2D eigenvalue weighted by Gasteiger charge is -2.00. The van der Waals surface area contributed by atoms with Gasteiger partial charge in [0.25, 0.3) is 0 Å². The lowest BCUT2D eigenvalue weighted by atomic mass is 10.1. The molecule has 0 aliphatic heterocycles. The number of rotatable bonds is 3. The first-order valence-electron chi connectivity index (χ1n) is 4.66. The number of carbonyl (C=O) groups is 1. The maximum atomic E-state index is 10.4. The number of benzene rings is 1. The zero-order valence-electron chi connectivity index (χ0n) is 8.36. The molecule has 2 nitrogen and oxygen atoms in total. The van der Waals surface area contributed by atoms with Gasteiger partial charge in [-0.1, -0.05) is 30.3 Å². The zero-order chi connectivity index (χ0) is 10.7. The molecule has 0 saturated carbocycles. The van der Waals surface area contributed by atoms with Gasteiger partial charge < -0.3 is 5.32 Å². The van der Waals surface area contributed by atoms with Gasteiger partial charge in [-0.2, -0.15) is 0 Å². The standard InChI is InChI=1S/C12H11NOS/c1-9-11(7-15-12(9)13-8-14)10-5-3-2-4-6-10/h2-8H,1H3,(H,13,14). The van der Waals surface area contributed by atoms with E-state index in [1.807, 2.05) is 25.1 Å². The van der Waals surface area contributed by atoms with Crippen LogP contribution in [0.3, 0.4) is 0 Å². The normalized spacial score (nSPS) is 9.93. The highest BCUT2D eigenvalue weighted by Gasteiger charge is 2.07. The van der Waals surface area contributed by atoms with Gasteiger partial charge in [-0.3, -0.25) is 4.79 Å². The highest BCUT2D eigenvalue weighted by atomic mass is 32.1. The number of amides is 1. The predicted molar refractivity (Wildman–Crippen MR) is 64.2 cm³/mol. The average Bonchev–Trinajstić information content (AvgIpc) is 2.63. The van der Waals surface area contributed by atoms with Crippen LogP contribution in [0, 0.1) is 6.92 Å². The summed E-state index contributed by atoms with van der Waals surface area (Å²) in [5.74, 6) is 0. The minimum atomic E-state index is 0.716. The van der Waals surface area contributed by atoms with E-state index in [2.05, 4.69) is 22.8 Å². The summed E-state index contributed by atoms with van der Waals surface area (Å²) in [5.41, 5.74) is 3.49.